The predicted octanol–water partition coefficient (Wildman–Crippen LogP) is 0.521. The van der Waals surface area contributed by atoms with Crippen LogP contribution in [0.15, 0.2) is 29.6 Å². The van der Waals surface area contributed by atoms with Crippen molar-refractivity contribution < 1.29 is 8.42 Å². The molecule has 2 aromatic heterocycles. The molecule has 0 radical (unpaired) electrons. The second kappa shape index (κ2) is 6.00. The summed E-state index contributed by atoms with van der Waals surface area (Å²) in [6.45, 7) is 3.24. The second-order valence-corrected chi connectivity index (χ2v) is 6.99. The van der Waals surface area contributed by atoms with Gasteiger partial charge in [-0.1, -0.05) is 0 Å². The Kier molecular flexibility index (Phi) is 4.50. The number of sulfonamides is 1. The zero-order valence-electron chi connectivity index (χ0n) is 12.5. The Morgan fingerprint density at radius 2 is 2.10 bits per heavy atom. The Hall–Kier alpha value is -1.64. The van der Waals surface area contributed by atoms with Gasteiger partial charge in [0, 0.05) is 57.4 Å². The van der Waals surface area contributed by atoms with Crippen LogP contribution in [0, 0.1) is 0 Å². The normalized spacial score (nSPS) is 12.2. The van der Waals surface area contributed by atoms with E-state index in [4.69, 9.17) is 5.73 Å². The first-order valence-corrected chi connectivity index (χ1v) is 8.15. The van der Waals surface area contributed by atoms with E-state index in [2.05, 4.69) is 5.10 Å². The highest BCUT2D eigenvalue weighted by Crippen LogP contribution is 2.19. The maximum Gasteiger partial charge on any atom is 0.244 e. The molecule has 0 spiro atoms. The lowest BCUT2D eigenvalue weighted by atomic mass is 10.4. The average Bonchev–Trinajstić information content (AvgIpc) is 3.04. The van der Waals surface area contributed by atoms with E-state index in [-0.39, 0.29) is 11.4 Å². The highest BCUT2D eigenvalue weighted by molar-refractivity contribution is 7.89. The largest absolute Gasteiger partial charge is 0.349 e. The fourth-order valence-electron chi connectivity index (χ4n) is 2.21. The molecule has 0 aliphatic rings. The smallest absolute Gasteiger partial charge is 0.244 e. The predicted molar refractivity (Wildman–Crippen MR) is 79.9 cm³/mol. The van der Waals surface area contributed by atoms with Gasteiger partial charge in [0.2, 0.25) is 10.0 Å². The summed E-state index contributed by atoms with van der Waals surface area (Å²) < 4.78 is 30.0. The molecule has 0 aliphatic heterocycles. The zero-order chi connectivity index (χ0) is 15.6. The van der Waals surface area contributed by atoms with E-state index in [1.54, 1.807) is 43.4 Å². The summed E-state index contributed by atoms with van der Waals surface area (Å²) >= 11 is 0. The number of aromatic nitrogens is 3. The highest BCUT2D eigenvalue weighted by atomic mass is 32.2. The zero-order valence-corrected chi connectivity index (χ0v) is 13.3. The van der Waals surface area contributed by atoms with Crippen LogP contribution < -0.4 is 5.73 Å². The fraction of sp³-hybridized carbons (Fsp3) is 0.462. The Labute approximate surface area is 125 Å². The summed E-state index contributed by atoms with van der Waals surface area (Å²) in [5, 5.41) is 4.04. The molecular formula is C13H21N5O2S. The Bertz CT molecular complexity index is 695. The lowest BCUT2D eigenvalue weighted by molar-refractivity contribution is 0.466. The van der Waals surface area contributed by atoms with E-state index in [1.807, 2.05) is 11.5 Å². The minimum Gasteiger partial charge on any atom is -0.349 e. The van der Waals surface area contributed by atoms with Gasteiger partial charge in [-0.05, 0) is 13.0 Å². The van der Waals surface area contributed by atoms with Gasteiger partial charge in [-0.3, -0.25) is 4.68 Å². The second-order valence-electron chi connectivity index (χ2n) is 4.94. The molecule has 0 saturated heterocycles. The summed E-state index contributed by atoms with van der Waals surface area (Å²) in [5.74, 6) is 0. The minimum atomic E-state index is -3.53. The van der Waals surface area contributed by atoms with Crippen LogP contribution in [0.3, 0.4) is 0 Å². The molecule has 2 aromatic rings. The van der Waals surface area contributed by atoms with Crippen LogP contribution in [0.1, 0.15) is 18.2 Å². The van der Waals surface area contributed by atoms with Gasteiger partial charge in [0.25, 0.3) is 0 Å². The number of rotatable bonds is 6. The van der Waals surface area contributed by atoms with Crippen molar-refractivity contribution in [3.05, 3.63) is 35.9 Å². The van der Waals surface area contributed by atoms with Gasteiger partial charge in [-0.2, -0.15) is 9.40 Å². The molecular weight excluding hydrogens is 290 g/mol. The average molecular weight is 311 g/mol. The van der Waals surface area contributed by atoms with Gasteiger partial charge in [0.05, 0.1) is 6.20 Å². The van der Waals surface area contributed by atoms with Gasteiger partial charge in [0.1, 0.15) is 4.90 Å². The molecule has 2 N–H and O–H groups in total. The van der Waals surface area contributed by atoms with E-state index < -0.39 is 10.0 Å². The Balaban J connectivity index is 2.26. The molecule has 0 amide bonds. The molecule has 0 atom stereocenters. The SMILES string of the molecule is CCn1cc(S(=O)(=O)N(C)Cc2cnn(C)c2)cc1CN. The van der Waals surface area contributed by atoms with Crippen LogP contribution in [-0.4, -0.2) is 34.1 Å². The third-order valence-corrected chi connectivity index (χ3v) is 5.15. The van der Waals surface area contributed by atoms with Crippen molar-refractivity contribution in [3.63, 3.8) is 0 Å². The Morgan fingerprint density at radius 3 is 2.57 bits per heavy atom. The molecule has 2 heterocycles. The molecule has 0 saturated carbocycles. The summed E-state index contributed by atoms with van der Waals surface area (Å²) in [4.78, 5) is 0.274. The quantitative estimate of drug-likeness (QED) is 0.842. The van der Waals surface area contributed by atoms with Gasteiger partial charge in [-0.15, -0.1) is 0 Å². The van der Waals surface area contributed by atoms with Crippen LogP contribution in [0.4, 0.5) is 0 Å². The van der Waals surface area contributed by atoms with Crippen molar-refractivity contribution in [2.75, 3.05) is 7.05 Å². The summed E-state index contributed by atoms with van der Waals surface area (Å²) in [5.41, 5.74) is 7.30. The lowest BCUT2D eigenvalue weighted by Crippen LogP contribution is -2.26. The molecule has 0 aromatic carbocycles. The molecule has 0 bridgehead atoms. The number of hydrogen-bond donors (Lipinski definition) is 1. The van der Waals surface area contributed by atoms with Crippen molar-refractivity contribution in [3.8, 4) is 0 Å². The van der Waals surface area contributed by atoms with Crippen LogP contribution in [0.5, 0.6) is 0 Å². The summed E-state index contributed by atoms with van der Waals surface area (Å²) in [6.07, 6.45) is 5.10. The first-order chi connectivity index (χ1) is 9.88. The van der Waals surface area contributed by atoms with Crippen LogP contribution in [0.2, 0.25) is 0 Å². The van der Waals surface area contributed by atoms with E-state index in [1.165, 1.54) is 4.31 Å². The minimum absolute atomic E-state index is 0.274. The van der Waals surface area contributed by atoms with Crippen LogP contribution in [-0.2, 0) is 36.7 Å². The Morgan fingerprint density at radius 1 is 1.38 bits per heavy atom. The summed E-state index contributed by atoms with van der Waals surface area (Å²) in [7, 11) is -0.168. The highest BCUT2D eigenvalue weighted by Gasteiger charge is 2.23. The van der Waals surface area contributed by atoms with E-state index in [0.717, 1.165) is 11.3 Å². The third-order valence-electron chi connectivity index (χ3n) is 3.38. The number of nitrogens with zero attached hydrogens (tertiary/aromatic N) is 4. The van der Waals surface area contributed by atoms with Crippen molar-refractivity contribution >= 4 is 10.0 Å². The van der Waals surface area contributed by atoms with Gasteiger partial charge < -0.3 is 10.3 Å². The van der Waals surface area contributed by atoms with Crippen LogP contribution >= 0.6 is 0 Å². The number of hydrogen-bond acceptors (Lipinski definition) is 4. The van der Waals surface area contributed by atoms with E-state index in [9.17, 15) is 8.42 Å². The monoisotopic (exact) mass is 311 g/mol. The van der Waals surface area contributed by atoms with E-state index >= 15 is 0 Å². The maximum atomic E-state index is 12.6. The maximum absolute atomic E-state index is 12.6. The van der Waals surface area contributed by atoms with Crippen molar-refractivity contribution in [2.45, 2.75) is 31.5 Å². The van der Waals surface area contributed by atoms with Crippen molar-refractivity contribution in [1.82, 2.24) is 18.7 Å². The summed E-state index contributed by atoms with van der Waals surface area (Å²) in [6, 6.07) is 1.64. The standard InChI is InChI=1S/C13H21N5O2S/c1-4-18-10-13(5-12(18)6-14)21(19,20)17(3)9-11-7-15-16(2)8-11/h5,7-8,10H,4,6,9,14H2,1-3H3. The van der Waals surface area contributed by atoms with Gasteiger partial charge in [-0.25, -0.2) is 8.42 Å². The first kappa shape index (κ1) is 15.7. The molecule has 8 heteroatoms. The molecule has 7 nitrogen and oxygen atoms in total. The molecule has 21 heavy (non-hydrogen) atoms. The van der Waals surface area contributed by atoms with Crippen molar-refractivity contribution in [1.29, 1.82) is 0 Å². The molecule has 0 unspecified atom stereocenters. The molecule has 0 fully saturated rings. The van der Waals surface area contributed by atoms with Gasteiger partial charge in [0.15, 0.2) is 0 Å². The van der Waals surface area contributed by atoms with Crippen LogP contribution in [0.25, 0.3) is 0 Å². The molecule has 2 rings (SSSR count). The molecule has 116 valence electrons. The topological polar surface area (TPSA) is 86.2 Å². The van der Waals surface area contributed by atoms with E-state index in [0.29, 0.717) is 13.1 Å². The fourth-order valence-corrected chi connectivity index (χ4v) is 3.43. The van der Waals surface area contributed by atoms with Gasteiger partial charge >= 0.3 is 0 Å². The first-order valence-electron chi connectivity index (χ1n) is 6.71. The lowest BCUT2D eigenvalue weighted by Gasteiger charge is -2.15. The number of aryl methyl sites for hydroxylation is 2. The third kappa shape index (κ3) is 3.17. The van der Waals surface area contributed by atoms with Crippen molar-refractivity contribution in [2.24, 2.45) is 12.8 Å². The number of nitrogens with two attached hydrogens (primary N) is 1. The molecule has 0 aliphatic carbocycles.